The van der Waals surface area contributed by atoms with E-state index in [-0.39, 0.29) is 11.8 Å². The molecular formula is C23H21N3O2S2. The highest BCUT2D eigenvalue weighted by Gasteiger charge is 2.58. The van der Waals surface area contributed by atoms with E-state index in [0.29, 0.717) is 18.8 Å². The number of anilines is 1. The molecule has 5 nitrogen and oxygen atoms in total. The number of thiazole rings is 1. The quantitative estimate of drug-likeness (QED) is 0.589. The molecule has 152 valence electrons. The average molecular weight is 436 g/mol. The zero-order valence-corrected chi connectivity index (χ0v) is 18.0. The molecule has 2 amide bonds. The van der Waals surface area contributed by atoms with Gasteiger partial charge in [-0.25, -0.2) is 4.98 Å². The lowest BCUT2D eigenvalue weighted by Gasteiger charge is -2.38. The summed E-state index contributed by atoms with van der Waals surface area (Å²) < 4.78 is 1.23. The Morgan fingerprint density at radius 2 is 1.83 bits per heavy atom. The number of hydrogen-bond donors (Lipinski definition) is 0. The van der Waals surface area contributed by atoms with E-state index in [9.17, 15) is 9.59 Å². The number of carbonyl (C=O) groups excluding carboxylic acids is 2. The van der Waals surface area contributed by atoms with E-state index in [1.807, 2.05) is 35.2 Å². The number of nitrogens with zero attached hydrogens (tertiary/aromatic N) is 3. The predicted octanol–water partition coefficient (Wildman–Crippen LogP) is 4.63. The second-order valence-corrected chi connectivity index (χ2v) is 10.6. The van der Waals surface area contributed by atoms with Gasteiger partial charge in [-0.05, 0) is 43.5 Å². The predicted molar refractivity (Wildman–Crippen MR) is 120 cm³/mol. The van der Waals surface area contributed by atoms with Crippen LogP contribution >= 0.6 is 23.1 Å². The van der Waals surface area contributed by atoms with Crippen LogP contribution in [0.5, 0.6) is 0 Å². The van der Waals surface area contributed by atoms with Gasteiger partial charge in [-0.15, -0.1) is 11.3 Å². The summed E-state index contributed by atoms with van der Waals surface area (Å²) in [6, 6.07) is 16.1. The van der Waals surface area contributed by atoms with E-state index in [0.717, 1.165) is 42.0 Å². The summed E-state index contributed by atoms with van der Waals surface area (Å²) in [7, 11) is 0. The first-order valence-electron chi connectivity index (χ1n) is 10.4. The number of amides is 2. The maximum absolute atomic E-state index is 13.7. The van der Waals surface area contributed by atoms with Crippen molar-refractivity contribution in [3.05, 3.63) is 53.5 Å². The van der Waals surface area contributed by atoms with Gasteiger partial charge in [-0.3, -0.25) is 14.5 Å². The van der Waals surface area contributed by atoms with Crippen LogP contribution in [0.2, 0.25) is 0 Å². The minimum Gasteiger partial charge on any atom is -0.340 e. The number of carbonyl (C=O) groups is 2. The van der Waals surface area contributed by atoms with Crippen LogP contribution in [0.25, 0.3) is 10.2 Å². The van der Waals surface area contributed by atoms with Gasteiger partial charge in [0, 0.05) is 30.3 Å². The molecule has 30 heavy (non-hydrogen) atoms. The van der Waals surface area contributed by atoms with Gasteiger partial charge in [-0.2, -0.15) is 0 Å². The SMILES string of the molecule is O=C1CCC2(C(=O)N3CCC(c4nc5ccccc5s4)CC3)Sc3ccccc3N12. The first-order chi connectivity index (χ1) is 14.7. The summed E-state index contributed by atoms with van der Waals surface area (Å²) in [5.74, 6) is 0.557. The van der Waals surface area contributed by atoms with Crippen LogP contribution in [0.15, 0.2) is 53.4 Å². The Kier molecular flexibility index (Phi) is 4.18. The van der Waals surface area contributed by atoms with Crippen molar-refractivity contribution in [2.45, 2.75) is 41.4 Å². The monoisotopic (exact) mass is 435 g/mol. The van der Waals surface area contributed by atoms with Gasteiger partial charge in [0.05, 0.1) is 20.9 Å². The van der Waals surface area contributed by atoms with Gasteiger partial charge in [0.15, 0.2) is 4.87 Å². The highest BCUT2D eigenvalue weighted by atomic mass is 32.2. The lowest BCUT2D eigenvalue weighted by Crippen LogP contribution is -2.55. The molecule has 1 atom stereocenters. The maximum atomic E-state index is 13.7. The number of benzene rings is 2. The smallest absolute Gasteiger partial charge is 0.259 e. The van der Waals surface area contributed by atoms with Crippen molar-refractivity contribution >= 4 is 50.8 Å². The van der Waals surface area contributed by atoms with Crippen molar-refractivity contribution in [2.24, 2.45) is 0 Å². The fourth-order valence-corrected chi connectivity index (χ4v) is 7.55. The first-order valence-corrected chi connectivity index (χ1v) is 12.0. The molecule has 0 aliphatic carbocycles. The van der Waals surface area contributed by atoms with Crippen LogP contribution in [0.3, 0.4) is 0 Å². The van der Waals surface area contributed by atoms with E-state index >= 15 is 0 Å². The highest BCUT2D eigenvalue weighted by molar-refractivity contribution is 8.02. The second-order valence-electron chi connectivity index (χ2n) is 8.17. The third-order valence-electron chi connectivity index (χ3n) is 6.45. The lowest BCUT2D eigenvalue weighted by molar-refractivity contribution is -0.135. The first kappa shape index (κ1) is 18.4. The Balaban J connectivity index is 1.22. The van der Waals surface area contributed by atoms with Crippen LogP contribution in [-0.2, 0) is 9.59 Å². The minimum atomic E-state index is -0.788. The third-order valence-corrected chi connectivity index (χ3v) is 9.11. The van der Waals surface area contributed by atoms with Crippen molar-refractivity contribution in [1.29, 1.82) is 0 Å². The van der Waals surface area contributed by atoms with Gasteiger partial charge in [0.1, 0.15) is 0 Å². The molecule has 0 bridgehead atoms. The van der Waals surface area contributed by atoms with E-state index in [2.05, 4.69) is 18.2 Å². The van der Waals surface area contributed by atoms with Crippen molar-refractivity contribution in [2.75, 3.05) is 18.0 Å². The van der Waals surface area contributed by atoms with E-state index in [4.69, 9.17) is 4.98 Å². The van der Waals surface area contributed by atoms with Crippen LogP contribution in [-0.4, -0.2) is 39.7 Å². The number of hydrogen-bond acceptors (Lipinski definition) is 5. The molecule has 3 aromatic rings. The third kappa shape index (κ3) is 2.65. The Morgan fingerprint density at radius 1 is 1.07 bits per heavy atom. The van der Waals surface area contributed by atoms with Crippen LogP contribution in [0.4, 0.5) is 5.69 Å². The molecule has 3 aliphatic rings. The molecule has 6 rings (SSSR count). The Morgan fingerprint density at radius 3 is 2.67 bits per heavy atom. The largest absolute Gasteiger partial charge is 0.340 e. The summed E-state index contributed by atoms with van der Waals surface area (Å²) in [6.07, 6.45) is 2.87. The molecule has 2 fully saturated rings. The van der Waals surface area contributed by atoms with Crippen molar-refractivity contribution in [1.82, 2.24) is 9.88 Å². The van der Waals surface area contributed by atoms with E-state index in [1.54, 1.807) is 28.0 Å². The summed E-state index contributed by atoms with van der Waals surface area (Å²) >= 11 is 3.34. The fraction of sp³-hybridized carbons (Fsp3) is 0.348. The van der Waals surface area contributed by atoms with Gasteiger partial charge < -0.3 is 4.90 Å². The molecule has 1 aromatic heterocycles. The summed E-state index contributed by atoms with van der Waals surface area (Å²) in [5.41, 5.74) is 1.96. The lowest BCUT2D eigenvalue weighted by atomic mass is 9.96. The number of thioether (sulfide) groups is 1. The van der Waals surface area contributed by atoms with Crippen LogP contribution in [0.1, 0.15) is 36.6 Å². The molecule has 7 heteroatoms. The molecule has 0 N–H and O–H groups in total. The van der Waals surface area contributed by atoms with E-state index < -0.39 is 4.87 Å². The molecule has 3 aliphatic heterocycles. The second kappa shape index (κ2) is 6.82. The van der Waals surface area contributed by atoms with E-state index in [1.165, 1.54) is 9.71 Å². The number of fused-ring (bicyclic) bond motifs is 4. The molecule has 0 spiro atoms. The number of para-hydroxylation sites is 2. The van der Waals surface area contributed by atoms with Gasteiger partial charge in [0.25, 0.3) is 5.91 Å². The summed E-state index contributed by atoms with van der Waals surface area (Å²) in [5, 5.41) is 1.18. The molecule has 0 saturated carbocycles. The maximum Gasteiger partial charge on any atom is 0.259 e. The molecule has 2 aromatic carbocycles. The number of likely N-dealkylation sites (tertiary alicyclic amines) is 1. The summed E-state index contributed by atoms with van der Waals surface area (Å²) in [4.78, 5) is 35.2. The Labute approximate surface area is 183 Å². The number of piperidine rings is 1. The van der Waals surface area contributed by atoms with Gasteiger partial charge >= 0.3 is 0 Å². The molecular weight excluding hydrogens is 414 g/mol. The molecule has 2 saturated heterocycles. The fourth-order valence-electron chi connectivity index (χ4n) is 4.92. The minimum absolute atomic E-state index is 0.0603. The standard InChI is InChI=1S/C23H21N3O2S2/c27-20-9-12-23(26(20)17-6-2-4-8-19(17)30-23)22(28)25-13-10-15(11-14-25)21-24-16-5-1-3-7-18(16)29-21/h1-8,15H,9-14H2. The van der Waals surface area contributed by atoms with Crippen molar-refractivity contribution < 1.29 is 9.59 Å². The normalized spacial score (nSPS) is 23.8. The van der Waals surface area contributed by atoms with Crippen LogP contribution < -0.4 is 4.90 Å². The highest BCUT2D eigenvalue weighted by Crippen LogP contribution is 2.56. The molecule has 0 radical (unpaired) electrons. The van der Waals surface area contributed by atoms with Crippen LogP contribution in [0, 0.1) is 0 Å². The van der Waals surface area contributed by atoms with Gasteiger partial charge in [0.2, 0.25) is 5.91 Å². The molecule has 1 unspecified atom stereocenters. The Bertz CT molecular complexity index is 1130. The number of aromatic nitrogens is 1. The van der Waals surface area contributed by atoms with Gasteiger partial charge in [-0.1, -0.05) is 36.0 Å². The average Bonchev–Trinajstić information content (AvgIpc) is 3.45. The van der Waals surface area contributed by atoms with Crippen molar-refractivity contribution in [3.8, 4) is 0 Å². The van der Waals surface area contributed by atoms with Crippen molar-refractivity contribution in [3.63, 3.8) is 0 Å². The topological polar surface area (TPSA) is 53.5 Å². The zero-order valence-electron chi connectivity index (χ0n) is 16.4. The number of rotatable bonds is 2. The zero-order chi connectivity index (χ0) is 20.3. The molecule has 4 heterocycles. The summed E-state index contributed by atoms with van der Waals surface area (Å²) in [6.45, 7) is 1.44. The Hall–Kier alpha value is -2.38.